The molecule has 0 bridgehead atoms. The number of rotatable bonds is 4. The molecule has 4 heteroatoms. The molecule has 0 aromatic carbocycles. The van der Waals surface area contributed by atoms with E-state index in [1.807, 2.05) is 0 Å². The molecular weight excluding hydrogens is 278 g/mol. The van der Waals surface area contributed by atoms with E-state index < -0.39 is 0 Å². The Morgan fingerprint density at radius 2 is 1.88 bits per heavy atom. The molecule has 0 N–H and O–H groups in total. The highest BCUT2D eigenvalue weighted by atomic mass is 79.9. The summed E-state index contributed by atoms with van der Waals surface area (Å²) in [5, 5.41) is 0. The van der Waals surface area contributed by atoms with E-state index in [-0.39, 0.29) is 0 Å². The molecular formula is C13H20BrN3. The Balaban J connectivity index is 1.80. The Morgan fingerprint density at radius 1 is 1.24 bits per heavy atom. The SMILES string of the molecule is CN(CCC1CCCCC1)c1ncc(Br)cn1. The van der Waals surface area contributed by atoms with Crippen LogP contribution in [0.3, 0.4) is 0 Å². The lowest BCUT2D eigenvalue weighted by Gasteiger charge is -2.24. The zero-order chi connectivity index (χ0) is 12.1. The van der Waals surface area contributed by atoms with E-state index in [0.29, 0.717) is 0 Å². The van der Waals surface area contributed by atoms with Crippen LogP contribution in [0.4, 0.5) is 5.95 Å². The normalized spacial score (nSPS) is 17.1. The van der Waals surface area contributed by atoms with Crippen LogP contribution in [0.1, 0.15) is 38.5 Å². The average Bonchev–Trinajstić information content (AvgIpc) is 2.38. The van der Waals surface area contributed by atoms with E-state index in [9.17, 15) is 0 Å². The molecule has 1 aliphatic carbocycles. The summed E-state index contributed by atoms with van der Waals surface area (Å²) >= 11 is 3.35. The largest absolute Gasteiger partial charge is 0.344 e. The van der Waals surface area contributed by atoms with E-state index in [0.717, 1.165) is 22.9 Å². The highest BCUT2D eigenvalue weighted by Gasteiger charge is 2.14. The summed E-state index contributed by atoms with van der Waals surface area (Å²) < 4.78 is 0.932. The van der Waals surface area contributed by atoms with Gasteiger partial charge in [-0.15, -0.1) is 0 Å². The minimum Gasteiger partial charge on any atom is -0.344 e. The van der Waals surface area contributed by atoms with E-state index in [2.05, 4.69) is 37.8 Å². The van der Waals surface area contributed by atoms with Crippen molar-refractivity contribution >= 4 is 21.9 Å². The van der Waals surface area contributed by atoms with Crippen molar-refractivity contribution in [1.82, 2.24) is 9.97 Å². The van der Waals surface area contributed by atoms with Crippen molar-refractivity contribution in [1.29, 1.82) is 0 Å². The fourth-order valence-electron chi connectivity index (χ4n) is 2.45. The van der Waals surface area contributed by atoms with Gasteiger partial charge in [-0.2, -0.15) is 0 Å². The van der Waals surface area contributed by atoms with Crippen molar-refractivity contribution < 1.29 is 0 Å². The quantitative estimate of drug-likeness (QED) is 0.849. The zero-order valence-corrected chi connectivity index (χ0v) is 12.0. The number of hydrogen-bond acceptors (Lipinski definition) is 3. The third kappa shape index (κ3) is 3.95. The van der Waals surface area contributed by atoms with E-state index in [1.54, 1.807) is 12.4 Å². The first-order valence-corrected chi connectivity index (χ1v) is 7.23. The highest BCUT2D eigenvalue weighted by molar-refractivity contribution is 9.10. The van der Waals surface area contributed by atoms with Gasteiger partial charge in [0.25, 0.3) is 0 Å². The lowest BCUT2D eigenvalue weighted by Crippen LogP contribution is -2.23. The molecule has 0 aliphatic heterocycles. The standard InChI is InChI=1S/C13H20BrN3/c1-17(13-15-9-12(14)10-16-13)8-7-11-5-3-2-4-6-11/h9-11H,2-8H2,1H3. The fourth-order valence-corrected chi connectivity index (χ4v) is 2.66. The Labute approximate surface area is 112 Å². The van der Waals surface area contributed by atoms with Gasteiger partial charge in [-0.05, 0) is 28.3 Å². The van der Waals surface area contributed by atoms with Crippen molar-refractivity contribution in [3.8, 4) is 0 Å². The fraction of sp³-hybridized carbons (Fsp3) is 0.692. The van der Waals surface area contributed by atoms with Gasteiger partial charge in [0.05, 0.1) is 4.47 Å². The van der Waals surface area contributed by atoms with E-state index in [1.165, 1.54) is 38.5 Å². The van der Waals surface area contributed by atoms with Crippen LogP contribution in [-0.4, -0.2) is 23.6 Å². The number of hydrogen-bond donors (Lipinski definition) is 0. The molecule has 1 fully saturated rings. The Kier molecular flexibility index (Phi) is 4.77. The maximum absolute atomic E-state index is 4.31. The Morgan fingerprint density at radius 3 is 2.53 bits per heavy atom. The molecule has 3 nitrogen and oxygen atoms in total. The molecule has 2 rings (SSSR count). The average molecular weight is 298 g/mol. The highest BCUT2D eigenvalue weighted by Crippen LogP contribution is 2.26. The van der Waals surface area contributed by atoms with Gasteiger partial charge in [0.2, 0.25) is 5.95 Å². The second kappa shape index (κ2) is 6.34. The topological polar surface area (TPSA) is 29.0 Å². The van der Waals surface area contributed by atoms with Crippen LogP contribution in [0.15, 0.2) is 16.9 Å². The summed E-state index contributed by atoms with van der Waals surface area (Å²) in [6.07, 6.45) is 12.0. The van der Waals surface area contributed by atoms with Gasteiger partial charge < -0.3 is 4.90 Å². The number of halogens is 1. The predicted molar refractivity (Wildman–Crippen MR) is 74.2 cm³/mol. The molecule has 0 spiro atoms. The molecule has 0 radical (unpaired) electrons. The molecule has 1 aromatic rings. The van der Waals surface area contributed by atoms with Crippen molar-refractivity contribution in [2.45, 2.75) is 38.5 Å². The van der Waals surface area contributed by atoms with Gasteiger partial charge in [-0.25, -0.2) is 9.97 Å². The first-order valence-electron chi connectivity index (χ1n) is 6.44. The Hall–Kier alpha value is -0.640. The summed E-state index contributed by atoms with van der Waals surface area (Å²) in [4.78, 5) is 10.8. The molecule has 1 heterocycles. The minimum absolute atomic E-state index is 0.823. The summed E-state index contributed by atoms with van der Waals surface area (Å²) in [6.45, 7) is 1.06. The van der Waals surface area contributed by atoms with Gasteiger partial charge >= 0.3 is 0 Å². The maximum Gasteiger partial charge on any atom is 0.225 e. The molecule has 94 valence electrons. The van der Waals surface area contributed by atoms with Gasteiger partial charge in [-0.1, -0.05) is 32.1 Å². The number of aromatic nitrogens is 2. The van der Waals surface area contributed by atoms with Crippen LogP contribution >= 0.6 is 15.9 Å². The number of nitrogens with zero attached hydrogens (tertiary/aromatic N) is 3. The summed E-state index contributed by atoms with van der Waals surface area (Å²) in [5.41, 5.74) is 0. The van der Waals surface area contributed by atoms with Crippen LogP contribution in [0.25, 0.3) is 0 Å². The predicted octanol–water partition coefficient (Wildman–Crippen LogP) is 3.65. The molecule has 17 heavy (non-hydrogen) atoms. The monoisotopic (exact) mass is 297 g/mol. The molecule has 1 aromatic heterocycles. The van der Waals surface area contributed by atoms with E-state index in [4.69, 9.17) is 0 Å². The first-order chi connectivity index (χ1) is 8.25. The summed E-state index contributed by atoms with van der Waals surface area (Å²) in [5.74, 6) is 1.74. The van der Waals surface area contributed by atoms with Crippen LogP contribution in [-0.2, 0) is 0 Å². The van der Waals surface area contributed by atoms with Crippen molar-refractivity contribution in [3.63, 3.8) is 0 Å². The summed E-state index contributed by atoms with van der Waals surface area (Å²) in [6, 6.07) is 0. The lowest BCUT2D eigenvalue weighted by atomic mass is 9.87. The second-order valence-electron chi connectivity index (χ2n) is 4.92. The van der Waals surface area contributed by atoms with Crippen molar-refractivity contribution in [3.05, 3.63) is 16.9 Å². The Bertz CT molecular complexity index is 333. The second-order valence-corrected chi connectivity index (χ2v) is 5.83. The first kappa shape index (κ1) is 12.8. The smallest absolute Gasteiger partial charge is 0.225 e. The molecule has 1 saturated carbocycles. The van der Waals surface area contributed by atoms with Crippen LogP contribution in [0.5, 0.6) is 0 Å². The minimum atomic E-state index is 0.823. The lowest BCUT2D eigenvalue weighted by molar-refractivity contribution is 0.341. The third-order valence-electron chi connectivity index (χ3n) is 3.55. The van der Waals surface area contributed by atoms with Gasteiger partial charge in [0.15, 0.2) is 0 Å². The molecule has 0 atom stereocenters. The molecule has 1 aliphatic rings. The maximum atomic E-state index is 4.31. The molecule has 0 unspecified atom stereocenters. The van der Waals surface area contributed by atoms with Crippen molar-refractivity contribution in [2.24, 2.45) is 5.92 Å². The van der Waals surface area contributed by atoms with Gasteiger partial charge in [-0.3, -0.25) is 0 Å². The molecule has 0 saturated heterocycles. The summed E-state index contributed by atoms with van der Waals surface area (Å²) in [7, 11) is 2.08. The van der Waals surface area contributed by atoms with Crippen molar-refractivity contribution in [2.75, 3.05) is 18.5 Å². The van der Waals surface area contributed by atoms with Gasteiger partial charge in [0.1, 0.15) is 0 Å². The van der Waals surface area contributed by atoms with Crippen LogP contribution in [0.2, 0.25) is 0 Å². The molecule has 0 amide bonds. The number of anilines is 1. The van der Waals surface area contributed by atoms with E-state index >= 15 is 0 Å². The van der Waals surface area contributed by atoms with Gasteiger partial charge in [0, 0.05) is 26.0 Å². The zero-order valence-electron chi connectivity index (χ0n) is 10.4. The van der Waals surface area contributed by atoms with Crippen LogP contribution < -0.4 is 4.90 Å². The third-order valence-corrected chi connectivity index (χ3v) is 3.96. The van der Waals surface area contributed by atoms with Crippen LogP contribution in [0, 0.1) is 5.92 Å².